The third-order valence-electron chi connectivity index (χ3n) is 4.78. The highest BCUT2D eigenvalue weighted by molar-refractivity contribution is 6.02. The molecule has 0 spiro atoms. The van der Waals surface area contributed by atoms with E-state index in [1.807, 2.05) is 72.8 Å². The average Bonchev–Trinajstić information content (AvgIpc) is 2.90. The van der Waals surface area contributed by atoms with Crippen LogP contribution in [0.1, 0.15) is 23.6 Å². The van der Waals surface area contributed by atoms with Gasteiger partial charge in [0.05, 0.1) is 5.57 Å². The number of ether oxygens (including phenoxy) is 1. The Balaban J connectivity index is 0.00000199. The van der Waals surface area contributed by atoms with E-state index in [0.717, 1.165) is 16.7 Å². The number of anilines is 1. The van der Waals surface area contributed by atoms with E-state index >= 15 is 0 Å². The summed E-state index contributed by atoms with van der Waals surface area (Å²) in [5.74, 6) is 0.0609. The van der Waals surface area contributed by atoms with Crippen molar-refractivity contribution in [2.75, 3.05) is 12.4 Å². The van der Waals surface area contributed by atoms with Gasteiger partial charge in [0.2, 0.25) is 11.8 Å². The second-order valence-electron chi connectivity index (χ2n) is 7.12. The standard InChI is InChI=1S/C27H26N2O3.C2H2/c1-20(27(31)28-2)26(32-19-22-11-7-4-8-12-22)23-14-16-24(17-15-23)29-25(30)18-13-21-9-5-3-6-10-21;1-2/h3-18H,19H2,1-2H3,(H,28,31)(H,29,30);1-2H/b18-13+,26-20+;. The predicted molar refractivity (Wildman–Crippen MR) is 138 cm³/mol. The number of rotatable bonds is 8. The molecule has 0 bridgehead atoms. The summed E-state index contributed by atoms with van der Waals surface area (Å²) in [7, 11) is 1.59. The van der Waals surface area contributed by atoms with Crippen molar-refractivity contribution < 1.29 is 14.3 Å². The number of benzene rings is 3. The molecule has 0 unspecified atom stereocenters. The zero-order valence-electron chi connectivity index (χ0n) is 19.3. The molecule has 172 valence electrons. The van der Waals surface area contributed by atoms with E-state index in [2.05, 4.69) is 23.5 Å². The Bertz CT molecular complexity index is 1150. The molecule has 0 aliphatic carbocycles. The molecule has 34 heavy (non-hydrogen) atoms. The number of carbonyl (C=O) groups is 2. The Morgan fingerprint density at radius 1 is 0.882 bits per heavy atom. The van der Waals surface area contributed by atoms with E-state index < -0.39 is 0 Å². The quantitative estimate of drug-likeness (QED) is 0.278. The normalized spacial score (nSPS) is 10.9. The van der Waals surface area contributed by atoms with Crippen molar-refractivity contribution >= 4 is 29.3 Å². The smallest absolute Gasteiger partial charge is 0.250 e. The maximum absolute atomic E-state index is 12.2. The van der Waals surface area contributed by atoms with E-state index in [1.54, 1.807) is 32.2 Å². The molecule has 3 rings (SSSR count). The minimum atomic E-state index is -0.223. The summed E-state index contributed by atoms with van der Waals surface area (Å²) >= 11 is 0. The summed E-state index contributed by atoms with van der Waals surface area (Å²) in [6.45, 7) is 2.07. The summed E-state index contributed by atoms with van der Waals surface area (Å²) < 4.78 is 6.03. The molecule has 2 amide bonds. The number of nitrogens with one attached hydrogen (secondary N) is 2. The molecule has 5 heteroatoms. The number of terminal acetylenes is 1. The van der Waals surface area contributed by atoms with Gasteiger partial charge in [0.15, 0.2) is 0 Å². The average molecular weight is 453 g/mol. The lowest BCUT2D eigenvalue weighted by Crippen LogP contribution is -2.20. The van der Waals surface area contributed by atoms with Crippen LogP contribution in [0.25, 0.3) is 11.8 Å². The Morgan fingerprint density at radius 3 is 2.06 bits per heavy atom. The highest BCUT2D eigenvalue weighted by Gasteiger charge is 2.14. The van der Waals surface area contributed by atoms with Crippen LogP contribution in [0.15, 0.2) is 96.6 Å². The van der Waals surface area contributed by atoms with Crippen LogP contribution >= 0.6 is 0 Å². The summed E-state index contributed by atoms with van der Waals surface area (Å²) in [6.07, 6.45) is 11.3. The van der Waals surface area contributed by atoms with Gasteiger partial charge >= 0.3 is 0 Å². The maximum atomic E-state index is 12.2. The molecule has 0 aliphatic rings. The van der Waals surface area contributed by atoms with Crippen molar-refractivity contribution in [2.45, 2.75) is 13.5 Å². The van der Waals surface area contributed by atoms with Crippen molar-refractivity contribution in [3.05, 3.63) is 113 Å². The molecule has 3 aromatic carbocycles. The van der Waals surface area contributed by atoms with Gasteiger partial charge in [0.1, 0.15) is 12.4 Å². The van der Waals surface area contributed by atoms with Gasteiger partial charge in [0.25, 0.3) is 0 Å². The molecule has 0 saturated carbocycles. The van der Waals surface area contributed by atoms with Crippen LogP contribution in [0.5, 0.6) is 0 Å². The van der Waals surface area contributed by atoms with E-state index in [9.17, 15) is 9.59 Å². The fourth-order valence-electron chi connectivity index (χ4n) is 3.05. The summed E-state index contributed by atoms with van der Waals surface area (Å²) in [5, 5.41) is 5.47. The topological polar surface area (TPSA) is 67.4 Å². The fraction of sp³-hybridized carbons (Fsp3) is 0.103. The number of likely N-dealkylation sites (N-methyl/N-ethyl adjacent to an activating group) is 1. The first-order valence-electron chi connectivity index (χ1n) is 10.6. The lowest BCUT2D eigenvalue weighted by molar-refractivity contribution is -0.117. The summed E-state index contributed by atoms with van der Waals surface area (Å²) in [5.41, 5.74) is 3.83. The minimum Gasteiger partial charge on any atom is -0.488 e. The molecule has 0 fully saturated rings. The van der Waals surface area contributed by atoms with Crippen LogP contribution in [-0.2, 0) is 20.9 Å². The first-order valence-corrected chi connectivity index (χ1v) is 10.6. The molecule has 0 saturated heterocycles. The minimum absolute atomic E-state index is 0.212. The molecule has 5 nitrogen and oxygen atoms in total. The number of hydrogen-bond donors (Lipinski definition) is 2. The molecule has 0 aromatic heterocycles. The number of hydrogen-bond acceptors (Lipinski definition) is 3. The third kappa shape index (κ3) is 7.85. The van der Waals surface area contributed by atoms with Crippen molar-refractivity contribution in [2.24, 2.45) is 0 Å². The van der Waals surface area contributed by atoms with Crippen LogP contribution in [-0.4, -0.2) is 18.9 Å². The second kappa shape index (κ2) is 13.8. The monoisotopic (exact) mass is 452 g/mol. The van der Waals surface area contributed by atoms with Crippen molar-refractivity contribution in [1.82, 2.24) is 5.32 Å². The highest BCUT2D eigenvalue weighted by atomic mass is 16.5. The lowest BCUT2D eigenvalue weighted by atomic mass is 10.1. The van der Waals surface area contributed by atoms with E-state index in [4.69, 9.17) is 4.74 Å². The van der Waals surface area contributed by atoms with Crippen LogP contribution in [0.3, 0.4) is 0 Å². The van der Waals surface area contributed by atoms with Gasteiger partial charge in [0, 0.05) is 24.4 Å². The Hall–Kier alpha value is -4.56. The molecular formula is C29H28N2O3. The van der Waals surface area contributed by atoms with Gasteiger partial charge in [-0.15, -0.1) is 12.8 Å². The zero-order chi connectivity index (χ0) is 24.8. The SMILES string of the molecule is C#C.CNC(=O)/C(C)=C(/OCc1ccccc1)c1ccc(NC(=O)/C=C/c2ccccc2)cc1. The van der Waals surface area contributed by atoms with Gasteiger partial charge in [-0.25, -0.2) is 0 Å². The molecule has 2 N–H and O–H groups in total. The Labute approximate surface area is 201 Å². The Kier molecular flexibility index (Phi) is 10.4. The lowest BCUT2D eigenvalue weighted by Gasteiger charge is -2.15. The summed E-state index contributed by atoms with van der Waals surface area (Å²) in [4.78, 5) is 24.4. The predicted octanol–water partition coefficient (Wildman–Crippen LogP) is 5.28. The van der Waals surface area contributed by atoms with Crippen molar-refractivity contribution in [3.63, 3.8) is 0 Å². The largest absolute Gasteiger partial charge is 0.488 e. The van der Waals surface area contributed by atoms with E-state index in [-0.39, 0.29) is 11.8 Å². The van der Waals surface area contributed by atoms with Crippen molar-refractivity contribution in [3.8, 4) is 12.8 Å². The van der Waals surface area contributed by atoms with Crippen molar-refractivity contribution in [1.29, 1.82) is 0 Å². The summed E-state index contributed by atoms with van der Waals surface area (Å²) in [6, 6.07) is 26.6. The molecule has 0 radical (unpaired) electrons. The molecule has 0 atom stereocenters. The van der Waals surface area contributed by atoms with Crippen LogP contribution in [0.2, 0.25) is 0 Å². The molecule has 3 aromatic rings. The van der Waals surface area contributed by atoms with Crippen LogP contribution in [0, 0.1) is 12.8 Å². The first kappa shape index (κ1) is 25.7. The molecule has 0 aliphatic heterocycles. The fourth-order valence-corrected chi connectivity index (χ4v) is 3.05. The van der Waals surface area contributed by atoms with E-state index in [1.165, 1.54) is 6.08 Å². The van der Waals surface area contributed by atoms with Gasteiger partial charge in [-0.3, -0.25) is 9.59 Å². The van der Waals surface area contributed by atoms with Crippen LogP contribution < -0.4 is 10.6 Å². The zero-order valence-corrected chi connectivity index (χ0v) is 19.3. The van der Waals surface area contributed by atoms with Gasteiger partial charge in [-0.2, -0.15) is 0 Å². The maximum Gasteiger partial charge on any atom is 0.250 e. The second-order valence-corrected chi connectivity index (χ2v) is 7.12. The molecular weight excluding hydrogens is 424 g/mol. The number of amides is 2. The third-order valence-corrected chi connectivity index (χ3v) is 4.78. The van der Waals surface area contributed by atoms with E-state index in [0.29, 0.717) is 23.6 Å². The number of carbonyl (C=O) groups excluding carboxylic acids is 2. The van der Waals surface area contributed by atoms with Gasteiger partial charge in [-0.1, -0.05) is 60.7 Å². The highest BCUT2D eigenvalue weighted by Crippen LogP contribution is 2.24. The van der Waals surface area contributed by atoms with Gasteiger partial charge < -0.3 is 15.4 Å². The molecule has 0 heterocycles. The first-order chi connectivity index (χ1) is 16.6. The Morgan fingerprint density at radius 2 is 1.47 bits per heavy atom. The van der Waals surface area contributed by atoms with Gasteiger partial charge in [-0.05, 0) is 48.4 Å². The van der Waals surface area contributed by atoms with Crippen LogP contribution in [0.4, 0.5) is 5.69 Å².